The van der Waals surface area contributed by atoms with E-state index in [1.54, 1.807) is 0 Å². The molecule has 3 N–H and O–H groups in total. The number of nitrogens with two attached hydrogens (primary N) is 1. The summed E-state index contributed by atoms with van der Waals surface area (Å²) in [5.41, 5.74) is 3.74. The van der Waals surface area contributed by atoms with Crippen LogP contribution in [0.15, 0.2) is 23.1 Å². The lowest BCUT2D eigenvalue weighted by Crippen LogP contribution is -2.18. The molecule has 0 amide bonds. The lowest BCUT2D eigenvalue weighted by atomic mass is 10.1. The highest BCUT2D eigenvalue weighted by Crippen LogP contribution is 2.34. The second-order valence-electron chi connectivity index (χ2n) is 4.10. The summed E-state index contributed by atoms with van der Waals surface area (Å²) in [6.07, 6.45) is -3.55. The largest absolute Gasteiger partial charge is 0.417 e. The summed E-state index contributed by atoms with van der Waals surface area (Å²) in [6, 6.07) is 3.39. The molecule has 0 bridgehead atoms. The van der Waals surface area contributed by atoms with Crippen LogP contribution >= 0.6 is 11.8 Å². The molecule has 0 aliphatic carbocycles. The zero-order valence-corrected chi connectivity index (χ0v) is 12.1. The number of hydrogen-bond acceptors (Lipinski definition) is 4. The van der Waals surface area contributed by atoms with Gasteiger partial charge in [-0.2, -0.15) is 13.2 Å². The van der Waals surface area contributed by atoms with E-state index in [1.807, 2.05) is 0 Å². The average Bonchev–Trinajstić information content (AvgIpc) is 2.25. The van der Waals surface area contributed by atoms with Crippen LogP contribution in [0.5, 0.6) is 0 Å². The Kier molecular flexibility index (Phi) is 5.09. The molecule has 0 atom stereocenters. The molecule has 1 aromatic rings. The zero-order chi connectivity index (χ0) is 15.6. The number of alkyl halides is 3. The Morgan fingerprint density at radius 1 is 1.40 bits per heavy atom. The molecule has 4 nitrogen and oxygen atoms in total. The maximum absolute atomic E-state index is 12.8. The van der Waals surface area contributed by atoms with Gasteiger partial charge in [-0.05, 0) is 18.2 Å². The number of hydrogen-bond donors (Lipinski definition) is 2. The summed E-state index contributed by atoms with van der Waals surface area (Å²) in [7, 11) is -3.15. The topological polar surface area (TPSA) is 84.0 Å². The molecule has 0 radical (unpaired) electrons. The van der Waals surface area contributed by atoms with Crippen molar-refractivity contribution >= 4 is 27.4 Å². The average molecular weight is 326 g/mol. The highest BCUT2D eigenvalue weighted by molar-refractivity contribution is 8.00. The number of halogens is 3. The summed E-state index contributed by atoms with van der Waals surface area (Å²) in [6.45, 7) is 0. The van der Waals surface area contributed by atoms with Crippen molar-refractivity contribution in [2.45, 2.75) is 11.1 Å². The molecule has 20 heavy (non-hydrogen) atoms. The summed E-state index contributed by atoms with van der Waals surface area (Å²) >= 11 is 1.01. The number of sulfone groups is 1. The first-order valence-electron chi connectivity index (χ1n) is 5.37. The van der Waals surface area contributed by atoms with Crippen LogP contribution in [-0.4, -0.2) is 32.0 Å². The SMILES string of the molecule is CS(=O)(=O)CCSc1ccc(C(=N)N)c(C(F)(F)F)c1. The molecule has 1 rings (SSSR count). The Morgan fingerprint density at radius 2 is 2.00 bits per heavy atom. The van der Waals surface area contributed by atoms with Crippen molar-refractivity contribution in [3.05, 3.63) is 29.3 Å². The number of rotatable bonds is 5. The van der Waals surface area contributed by atoms with Gasteiger partial charge >= 0.3 is 6.18 Å². The van der Waals surface area contributed by atoms with Gasteiger partial charge in [-0.25, -0.2) is 8.42 Å². The smallest absolute Gasteiger partial charge is 0.384 e. The Labute approximate surface area is 119 Å². The number of nitrogen functional groups attached to an aromatic ring is 1. The Balaban J connectivity index is 2.99. The van der Waals surface area contributed by atoms with E-state index in [1.165, 1.54) is 6.07 Å². The first-order valence-corrected chi connectivity index (χ1v) is 8.41. The molecule has 0 aromatic heterocycles. The van der Waals surface area contributed by atoms with Crippen molar-refractivity contribution in [1.82, 2.24) is 0 Å². The van der Waals surface area contributed by atoms with Gasteiger partial charge in [-0.1, -0.05) is 0 Å². The van der Waals surface area contributed by atoms with E-state index in [4.69, 9.17) is 11.1 Å². The number of thioether (sulfide) groups is 1. The fourth-order valence-corrected chi connectivity index (χ4v) is 3.54. The molecule has 112 valence electrons. The van der Waals surface area contributed by atoms with E-state index in [0.29, 0.717) is 0 Å². The van der Waals surface area contributed by atoms with Gasteiger partial charge in [-0.15, -0.1) is 11.8 Å². The first kappa shape index (κ1) is 16.8. The molecule has 0 spiro atoms. The third-order valence-corrected chi connectivity index (χ3v) is 4.51. The minimum absolute atomic E-state index is 0.118. The van der Waals surface area contributed by atoms with Crippen LogP contribution in [0.3, 0.4) is 0 Å². The number of benzene rings is 1. The Morgan fingerprint density at radius 3 is 2.45 bits per heavy atom. The molecule has 1 aromatic carbocycles. The van der Waals surface area contributed by atoms with Gasteiger partial charge in [0.1, 0.15) is 15.7 Å². The van der Waals surface area contributed by atoms with Gasteiger partial charge in [0, 0.05) is 22.5 Å². The lowest BCUT2D eigenvalue weighted by Gasteiger charge is -2.13. The van der Waals surface area contributed by atoms with Crippen molar-refractivity contribution in [1.29, 1.82) is 5.41 Å². The van der Waals surface area contributed by atoms with Crippen LogP contribution in [0.4, 0.5) is 13.2 Å². The van der Waals surface area contributed by atoms with Crippen molar-refractivity contribution in [3.63, 3.8) is 0 Å². The molecular weight excluding hydrogens is 313 g/mol. The summed E-state index contributed by atoms with van der Waals surface area (Å²) in [4.78, 5) is 0.283. The minimum atomic E-state index is -4.62. The monoisotopic (exact) mass is 326 g/mol. The predicted octanol–water partition coefficient (Wildman–Crippen LogP) is 2.13. The molecule has 0 unspecified atom stereocenters. The number of nitrogens with one attached hydrogen (secondary N) is 1. The fourth-order valence-electron chi connectivity index (χ4n) is 1.39. The van der Waals surface area contributed by atoms with E-state index >= 15 is 0 Å². The standard InChI is InChI=1S/C11H13F3N2O2S2/c1-20(17,18)5-4-19-7-2-3-8(10(15)16)9(6-7)11(12,13)14/h2-3,6H,4-5H2,1H3,(H3,15,16). The van der Waals surface area contributed by atoms with Gasteiger partial charge in [0.05, 0.1) is 11.3 Å². The Hall–Kier alpha value is -1.22. The van der Waals surface area contributed by atoms with Crippen LogP contribution in [0.1, 0.15) is 11.1 Å². The van der Waals surface area contributed by atoms with Crippen molar-refractivity contribution in [2.24, 2.45) is 5.73 Å². The molecule has 0 aliphatic rings. The highest BCUT2D eigenvalue weighted by Gasteiger charge is 2.34. The van der Waals surface area contributed by atoms with E-state index < -0.39 is 27.4 Å². The third kappa shape index (κ3) is 5.04. The van der Waals surface area contributed by atoms with Crippen LogP contribution in [0, 0.1) is 5.41 Å². The van der Waals surface area contributed by atoms with Crippen molar-refractivity contribution in [2.75, 3.05) is 17.8 Å². The molecule has 0 fully saturated rings. The highest BCUT2D eigenvalue weighted by atomic mass is 32.2. The van der Waals surface area contributed by atoms with E-state index in [9.17, 15) is 21.6 Å². The van der Waals surface area contributed by atoms with Crippen LogP contribution in [-0.2, 0) is 16.0 Å². The van der Waals surface area contributed by atoms with E-state index in [2.05, 4.69) is 0 Å². The van der Waals surface area contributed by atoms with Gasteiger partial charge < -0.3 is 5.73 Å². The fraction of sp³-hybridized carbons (Fsp3) is 0.364. The zero-order valence-electron chi connectivity index (χ0n) is 10.5. The molecule has 0 saturated carbocycles. The molecule has 0 heterocycles. The van der Waals surface area contributed by atoms with Gasteiger partial charge in [0.25, 0.3) is 0 Å². The second-order valence-corrected chi connectivity index (χ2v) is 7.53. The van der Waals surface area contributed by atoms with Crippen molar-refractivity contribution < 1.29 is 21.6 Å². The van der Waals surface area contributed by atoms with Gasteiger partial charge in [0.2, 0.25) is 0 Å². The maximum atomic E-state index is 12.8. The third-order valence-electron chi connectivity index (χ3n) is 2.31. The van der Waals surface area contributed by atoms with Crippen LogP contribution in [0.2, 0.25) is 0 Å². The van der Waals surface area contributed by atoms with E-state index in [0.717, 1.165) is 30.2 Å². The maximum Gasteiger partial charge on any atom is 0.417 e. The quantitative estimate of drug-likeness (QED) is 0.493. The first-order chi connectivity index (χ1) is 9.00. The van der Waals surface area contributed by atoms with E-state index in [-0.39, 0.29) is 22.0 Å². The van der Waals surface area contributed by atoms with Crippen LogP contribution < -0.4 is 5.73 Å². The van der Waals surface area contributed by atoms with Gasteiger partial charge in [-0.3, -0.25) is 5.41 Å². The molecular formula is C11H13F3N2O2S2. The predicted molar refractivity (Wildman–Crippen MR) is 72.9 cm³/mol. The van der Waals surface area contributed by atoms with Crippen molar-refractivity contribution in [3.8, 4) is 0 Å². The normalized spacial score (nSPS) is 12.4. The number of amidine groups is 1. The Bertz CT molecular complexity index is 613. The molecule has 0 aliphatic heterocycles. The summed E-state index contributed by atoms with van der Waals surface area (Å²) in [5, 5.41) is 7.14. The second kappa shape index (κ2) is 6.04. The minimum Gasteiger partial charge on any atom is -0.384 e. The lowest BCUT2D eigenvalue weighted by molar-refractivity contribution is -0.137. The van der Waals surface area contributed by atoms with Crippen LogP contribution in [0.25, 0.3) is 0 Å². The van der Waals surface area contributed by atoms with Gasteiger partial charge in [0.15, 0.2) is 0 Å². The molecule has 0 saturated heterocycles. The summed E-state index contributed by atoms with van der Waals surface area (Å²) in [5.74, 6) is -0.617. The summed E-state index contributed by atoms with van der Waals surface area (Å²) < 4.78 is 60.4. The molecule has 9 heteroatoms.